The molecule has 2 aromatic heterocycles. The van der Waals surface area contributed by atoms with Crippen LogP contribution in [0.15, 0.2) is 152 Å². The van der Waals surface area contributed by atoms with Crippen LogP contribution in [-0.2, 0) is 0 Å². The van der Waals surface area contributed by atoms with E-state index in [2.05, 4.69) is 94.1 Å². The fraction of sp³-hybridized carbons (Fsp3) is 0. The van der Waals surface area contributed by atoms with Gasteiger partial charge in [0.1, 0.15) is 0 Å². The van der Waals surface area contributed by atoms with E-state index >= 15 is 0 Å². The summed E-state index contributed by atoms with van der Waals surface area (Å²) in [7, 11) is 0. The van der Waals surface area contributed by atoms with Gasteiger partial charge in [-0.3, -0.25) is 0 Å². The van der Waals surface area contributed by atoms with Crippen LogP contribution in [0.1, 0.15) is 16.7 Å². The number of hydrogen-bond acceptors (Lipinski definition) is 3. The van der Waals surface area contributed by atoms with Gasteiger partial charge in [-0.15, -0.1) is 0 Å². The molecule has 2 heterocycles. The lowest BCUT2D eigenvalue weighted by Gasteiger charge is -2.16. The maximum atomic E-state index is 10.3. The molecule has 0 atom stereocenters. The lowest BCUT2D eigenvalue weighted by Crippen LogP contribution is -1.98. The maximum absolute atomic E-state index is 10.3. The van der Waals surface area contributed by atoms with Crippen LogP contribution in [0.25, 0.3) is 77.2 Å². The van der Waals surface area contributed by atoms with Gasteiger partial charge in [-0.2, -0.15) is 15.8 Å². The molecule has 230 valence electrons. The van der Waals surface area contributed by atoms with E-state index in [0.29, 0.717) is 16.7 Å². The molecule has 0 aliphatic rings. The van der Waals surface area contributed by atoms with Crippen LogP contribution >= 0.6 is 0 Å². The Morgan fingerprint density at radius 1 is 0.380 bits per heavy atom. The molecule has 0 radical (unpaired) electrons. The fourth-order valence-electron chi connectivity index (χ4n) is 7.37. The van der Waals surface area contributed by atoms with Gasteiger partial charge in [-0.25, -0.2) is 0 Å². The first kappa shape index (κ1) is 28.8. The number of para-hydroxylation sites is 3. The minimum atomic E-state index is 0.590. The second kappa shape index (κ2) is 11.4. The van der Waals surface area contributed by atoms with Crippen molar-refractivity contribution < 1.29 is 0 Å². The van der Waals surface area contributed by atoms with E-state index in [0.717, 1.165) is 77.2 Å². The number of hydrogen-bond donors (Lipinski definition) is 0. The Morgan fingerprint density at radius 2 is 0.920 bits per heavy atom. The number of benzene rings is 7. The number of nitrogens with zero attached hydrogens (tertiary/aromatic N) is 5. The molecule has 9 rings (SSSR count). The summed E-state index contributed by atoms with van der Waals surface area (Å²) < 4.78 is 4.47. The molecular weight excluding hydrogens is 611 g/mol. The van der Waals surface area contributed by atoms with E-state index in [1.54, 1.807) is 0 Å². The molecule has 5 heteroatoms. The maximum Gasteiger partial charge on any atom is 0.0998 e. The van der Waals surface area contributed by atoms with Crippen molar-refractivity contribution in [3.05, 3.63) is 168 Å². The zero-order chi connectivity index (χ0) is 33.8. The first-order valence-electron chi connectivity index (χ1n) is 16.3. The lowest BCUT2D eigenvalue weighted by atomic mass is 9.94. The molecule has 0 N–H and O–H groups in total. The number of fused-ring (bicyclic) bond motifs is 6. The molecule has 0 aliphatic heterocycles. The van der Waals surface area contributed by atoms with Crippen LogP contribution in [0.2, 0.25) is 0 Å². The lowest BCUT2D eigenvalue weighted by molar-refractivity contribution is 1.18. The first-order valence-corrected chi connectivity index (χ1v) is 16.3. The summed E-state index contributed by atoms with van der Waals surface area (Å²) >= 11 is 0. The molecule has 50 heavy (non-hydrogen) atoms. The van der Waals surface area contributed by atoms with Crippen molar-refractivity contribution in [1.82, 2.24) is 9.13 Å². The summed E-state index contributed by atoms with van der Waals surface area (Å²) in [5.74, 6) is 0. The van der Waals surface area contributed by atoms with E-state index < -0.39 is 0 Å². The summed E-state index contributed by atoms with van der Waals surface area (Å²) in [5.41, 5.74) is 11.8. The monoisotopic (exact) mass is 635 g/mol. The van der Waals surface area contributed by atoms with Gasteiger partial charge in [0.25, 0.3) is 0 Å². The number of nitriles is 3. The van der Waals surface area contributed by atoms with Gasteiger partial charge in [0, 0.05) is 38.4 Å². The van der Waals surface area contributed by atoms with E-state index in [1.165, 1.54) is 0 Å². The van der Waals surface area contributed by atoms with Gasteiger partial charge in [0.2, 0.25) is 0 Å². The second-order valence-electron chi connectivity index (χ2n) is 12.3. The molecule has 0 aliphatic carbocycles. The largest absolute Gasteiger partial charge is 0.309 e. The molecule has 0 unspecified atom stereocenters. The number of rotatable bonds is 4. The summed E-state index contributed by atoms with van der Waals surface area (Å²) in [6.45, 7) is 0. The topological polar surface area (TPSA) is 81.2 Å². The minimum Gasteiger partial charge on any atom is -0.309 e. The zero-order valence-electron chi connectivity index (χ0n) is 26.7. The second-order valence-corrected chi connectivity index (χ2v) is 12.3. The third-order valence-electron chi connectivity index (χ3n) is 9.64. The molecule has 0 bridgehead atoms. The van der Waals surface area contributed by atoms with Crippen molar-refractivity contribution in [2.75, 3.05) is 0 Å². The predicted molar refractivity (Wildman–Crippen MR) is 200 cm³/mol. The summed E-state index contributed by atoms with van der Waals surface area (Å²) in [6, 6.07) is 57.9. The van der Waals surface area contributed by atoms with Crippen molar-refractivity contribution in [2.45, 2.75) is 0 Å². The highest BCUT2D eigenvalue weighted by molar-refractivity contribution is 6.11. The Kier molecular flexibility index (Phi) is 6.56. The van der Waals surface area contributed by atoms with E-state index in [9.17, 15) is 15.8 Å². The SMILES string of the molecule is N#Cc1ccc2c(c1)c1ccccc1n2-c1ccc(-c2ccc(C#N)c(-c3ccccc3-n3c4ccccc4c4cc(C#N)ccc43)c2)cc1. The van der Waals surface area contributed by atoms with Crippen LogP contribution in [0.4, 0.5) is 0 Å². The van der Waals surface area contributed by atoms with Crippen molar-refractivity contribution >= 4 is 43.6 Å². The molecule has 7 aromatic carbocycles. The highest BCUT2D eigenvalue weighted by Crippen LogP contribution is 2.39. The van der Waals surface area contributed by atoms with E-state index in [1.807, 2.05) is 84.9 Å². The van der Waals surface area contributed by atoms with Crippen molar-refractivity contribution in [2.24, 2.45) is 0 Å². The molecular formula is C45H25N5. The Bertz CT molecular complexity index is 2960. The van der Waals surface area contributed by atoms with Gasteiger partial charge in [-0.05, 0) is 90.0 Å². The molecule has 0 amide bonds. The average molecular weight is 636 g/mol. The van der Waals surface area contributed by atoms with E-state index in [-0.39, 0.29) is 0 Å². The molecule has 5 nitrogen and oxygen atoms in total. The number of aromatic nitrogens is 2. The Balaban J connectivity index is 1.18. The van der Waals surface area contributed by atoms with Crippen LogP contribution in [-0.4, -0.2) is 9.13 Å². The highest BCUT2D eigenvalue weighted by Gasteiger charge is 2.18. The van der Waals surface area contributed by atoms with Crippen LogP contribution in [0.5, 0.6) is 0 Å². The van der Waals surface area contributed by atoms with Crippen molar-refractivity contribution in [3.8, 4) is 51.8 Å². The predicted octanol–water partition coefficient (Wildman–Crippen LogP) is 10.8. The van der Waals surface area contributed by atoms with Gasteiger partial charge in [0.05, 0.1) is 62.7 Å². The van der Waals surface area contributed by atoms with Crippen molar-refractivity contribution in [3.63, 3.8) is 0 Å². The zero-order valence-corrected chi connectivity index (χ0v) is 26.7. The summed E-state index contributed by atoms with van der Waals surface area (Å²) in [5, 5.41) is 33.7. The quantitative estimate of drug-likeness (QED) is 0.193. The van der Waals surface area contributed by atoms with Gasteiger partial charge >= 0.3 is 0 Å². The van der Waals surface area contributed by atoms with Crippen LogP contribution in [0, 0.1) is 34.0 Å². The molecule has 0 fully saturated rings. The third-order valence-corrected chi connectivity index (χ3v) is 9.64. The van der Waals surface area contributed by atoms with Gasteiger partial charge in [0.15, 0.2) is 0 Å². The standard InChI is InChI=1S/C45H25N5/c46-26-29-13-21-44-39(23-29)36-8-2-4-10-41(36)49(44)34-19-17-31(18-20-34)32-15-16-33(28-48)38(25-32)35-7-1-5-11-42(35)50-43-12-6-3-9-37(43)40-24-30(27-47)14-22-45(40)50/h1-25H. The molecule has 9 aromatic rings. The Morgan fingerprint density at radius 3 is 1.56 bits per heavy atom. The third kappa shape index (κ3) is 4.38. The van der Waals surface area contributed by atoms with Crippen LogP contribution < -0.4 is 0 Å². The van der Waals surface area contributed by atoms with Crippen LogP contribution in [0.3, 0.4) is 0 Å². The summed E-state index contributed by atoms with van der Waals surface area (Å²) in [4.78, 5) is 0. The normalized spacial score (nSPS) is 11.1. The first-order chi connectivity index (χ1) is 24.7. The molecule has 0 saturated heterocycles. The van der Waals surface area contributed by atoms with Crippen molar-refractivity contribution in [1.29, 1.82) is 15.8 Å². The highest BCUT2D eigenvalue weighted by atomic mass is 15.0. The Labute approximate surface area is 287 Å². The van der Waals surface area contributed by atoms with Gasteiger partial charge in [-0.1, -0.05) is 72.8 Å². The summed E-state index contributed by atoms with van der Waals surface area (Å²) in [6.07, 6.45) is 0. The minimum absolute atomic E-state index is 0.590. The smallest absolute Gasteiger partial charge is 0.0998 e. The molecule has 0 spiro atoms. The Hall–Kier alpha value is -7.39. The van der Waals surface area contributed by atoms with Gasteiger partial charge < -0.3 is 9.13 Å². The van der Waals surface area contributed by atoms with E-state index in [4.69, 9.17) is 0 Å². The molecule has 0 saturated carbocycles. The average Bonchev–Trinajstić information content (AvgIpc) is 3.69. The fourth-order valence-corrected chi connectivity index (χ4v) is 7.37.